The third-order valence-corrected chi connectivity index (χ3v) is 6.35. The van der Waals surface area contributed by atoms with Crippen LogP contribution in [0.25, 0.3) is 0 Å². The lowest BCUT2D eigenvalue weighted by Crippen LogP contribution is -2.40. The van der Waals surface area contributed by atoms with Gasteiger partial charge in [0.2, 0.25) is 0 Å². The number of hydrogen-bond donors (Lipinski definition) is 0. The first-order chi connectivity index (χ1) is 14.2. The molecule has 0 aliphatic carbocycles. The van der Waals surface area contributed by atoms with Crippen molar-refractivity contribution < 1.29 is 14.0 Å². The zero-order valence-corrected chi connectivity index (χ0v) is 16.9. The molecule has 0 atom stereocenters. The van der Waals surface area contributed by atoms with E-state index in [4.69, 9.17) is 4.42 Å². The molecule has 4 rings (SSSR count). The predicted molar refractivity (Wildman–Crippen MR) is 114 cm³/mol. The zero-order chi connectivity index (χ0) is 20.1. The third kappa shape index (κ3) is 4.62. The van der Waals surface area contributed by atoms with Gasteiger partial charge in [-0.15, -0.1) is 11.8 Å². The molecule has 1 amide bonds. The van der Waals surface area contributed by atoms with Gasteiger partial charge in [0.1, 0.15) is 0 Å². The van der Waals surface area contributed by atoms with E-state index in [0.717, 1.165) is 16.0 Å². The molecule has 0 bridgehead atoms. The molecule has 1 aliphatic rings. The molecule has 1 aromatic heterocycles. The van der Waals surface area contributed by atoms with Crippen molar-refractivity contribution >= 4 is 23.5 Å². The van der Waals surface area contributed by atoms with Crippen molar-refractivity contribution in [3.63, 3.8) is 0 Å². The summed E-state index contributed by atoms with van der Waals surface area (Å²) in [6, 6.07) is 21.4. The van der Waals surface area contributed by atoms with Crippen molar-refractivity contribution in [1.29, 1.82) is 0 Å². The maximum absolute atomic E-state index is 13.0. The van der Waals surface area contributed by atoms with Crippen molar-refractivity contribution in [1.82, 2.24) is 4.90 Å². The highest BCUT2D eigenvalue weighted by atomic mass is 32.2. The molecule has 148 valence electrons. The van der Waals surface area contributed by atoms with Gasteiger partial charge in [-0.1, -0.05) is 48.5 Å². The Balaban J connectivity index is 1.35. The molecule has 0 N–H and O–H groups in total. The van der Waals surface area contributed by atoms with Gasteiger partial charge in [0, 0.05) is 40.8 Å². The molecule has 1 saturated heterocycles. The number of benzene rings is 2. The fourth-order valence-electron chi connectivity index (χ4n) is 3.64. The van der Waals surface area contributed by atoms with Gasteiger partial charge in [-0.25, -0.2) is 0 Å². The zero-order valence-electron chi connectivity index (χ0n) is 16.1. The van der Waals surface area contributed by atoms with E-state index in [1.54, 1.807) is 18.0 Å². The Bertz CT molecular complexity index is 960. The average molecular weight is 406 g/mol. The van der Waals surface area contributed by atoms with Crippen LogP contribution in [0.15, 0.2) is 82.3 Å². The Morgan fingerprint density at radius 2 is 1.59 bits per heavy atom. The van der Waals surface area contributed by atoms with Crippen LogP contribution >= 0.6 is 11.8 Å². The Labute approximate surface area is 174 Å². The summed E-state index contributed by atoms with van der Waals surface area (Å²) in [6.45, 7) is 1.15. The molecule has 0 saturated carbocycles. The molecule has 29 heavy (non-hydrogen) atoms. The summed E-state index contributed by atoms with van der Waals surface area (Å²) in [6.07, 6.45) is 2.96. The summed E-state index contributed by atoms with van der Waals surface area (Å²) in [5.41, 5.74) is 1.66. The summed E-state index contributed by atoms with van der Waals surface area (Å²) < 4.78 is 5.54. The summed E-state index contributed by atoms with van der Waals surface area (Å²) in [5.74, 6) is 1.18. The molecular weight excluding hydrogens is 382 g/mol. The number of thioether (sulfide) groups is 1. The average Bonchev–Trinajstić information content (AvgIpc) is 3.27. The van der Waals surface area contributed by atoms with Gasteiger partial charge >= 0.3 is 0 Å². The molecule has 0 radical (unpaired) electrons. The molecule has 0 unspecified atom stereocenters. The molecule has 2 aromatic carbocycles. The smallest absolute Gasteiger partial charge is 0.289 e. The minimum Gasteiger partial charge on any atom is -0.459 e. The standard InChI is InChI=1S/C24H23NO3S/c26-22(18-7-3-1-4-8-18)19-11-14-25(15-12-19)24(27)23-20(13-16-28-23)17-29-21-9-5-2-6-10-21/h1-10,13,16,19H,11-12,14-15,17H2. The topological polar surface area (TPSA) is 50.5 Å². The Kier molecular flexibility index (Phi) is 6.15. The Morgan fingerprint density at radius 1 is 0.931 bits per heavy atom. The highest BCUT2D eigenvalue weighted by Crippen LogP contribution is 2.27. The monoisotopic (exact) mass is 405 g/mol. The van der Waals surface area contributed by atoms with Crippen LogP contribution in [0.2, 0.25) is 0 Å². The Hall–Kier alpha value is -2.79. The molecule has 0 spiro atoms. The maximum Gasteiger partial charge on any atom is 0.289 e. The largest absolute Gasteiger partial charge is 0.459 e. The molecule has 1 fully saturated rings. The number of nitrogens with zero attached hydrogens (tertiary/aromatic N) is 1. The minimum atomic E-state index is -0.0794. The number of rotatable bonds is 6. The van der Waals surface area contributed by atoms with E-state index in [9.17, 15) is 9.59 Å². The summed E-state index contributed by atoms with van der Waals surface area (Å²) >= 11 is 1.68. The van der Waals surface area contributed by atoms with Gasteiger partial charge in [0.25, 0.3) is 5.91 Å². The van der Waals surface area contributed by atoms with Crippen LogP contribution < -0.4 is 0 Å². The van der Waals surface area contributed by atoms with E-state index in [1.807, 2.05) is 59.5 Å². The number of ketones is 1. The van der Waals surface area contributed by atoms with E-state index < -0.39 is 0 Å². The maximum atomic E-state index is 13.0. The third-order valence-electron chi connectivity index (χ3n) is 5.29. The van der Waals surface area contributed by atoms with Crippen molar-refractivity contribution in [2.45, 2.75) is 23.5 Å². The van der Waals surface area contributed by atoms with Crippen LogP contribution in [0, 0.1) is 5.92 Å². The van der Waals surface area contributed by atoms with Crippen molar-refractivity contribution in [2.24, 2.45) is 5.92 Å². The van der Waals surface area contributed by atoms with Crippen molar-refractivity contribution in [3.05, 3.63) is 89.9 Å². The summed E-state index contributed by atoms with van der Waals surface area (Å²) in [5, 5.41) is 0. The molecule has 2 heterocycles. The predicted octanol–water partition coefficient (Wildman–Crippen LogP) is 5.31. The van der Waals surface area contributed by atoms with Gasteiger partial charge in [-0.3, -0.25) is 9.59 Å². The second-order valence-corrected chi connectivity index (χ2v) is 8.22. The van der Waals surface area contributed by atoms with Crippen LogP contribution in [0.5, 0.6) is 0 Å². The molecule has 1 aliphatic heterocycles. The van der Waals surface area contributed by atoms with E-state index in [0.29, 0.717) is 37.4 Å². The summed E-state index contributed by atoms with van der Waals surface area (Å²) in [4.78, 5) is 28.6. The van der Waals surface area contributed by atoms with Gasteiger partial charge in [0.05, 0.1) is 6.26 Å². The van der Waals surface area contributed by atoms with Gasteiger partial charge in [-0.2, -0.15) is 0 Å². The first-order valence-electron chi connectivity index (χ1n) is 9.85. The van der Waals surface area contributed by atoms with E-state index in [-0.39, 0.29) is 17.6 Å². The quantitative estimate of drug-likeness (QED) is 0.412. The van der Waals surface area contributed by atoms with Crippen molar-refractivity contribution in [2.75, 3.05) is 13.1 Å². The number of amides is 1. The number of hydrogen-bond acceptors (Lipinski definition) is 4. The molecular formula is C24H23NO3S. The molecule has 5 heteroatoms. The number of likely N-dealkylation sites (tertiary alicyclic amines) is 1. The second kappa shape index (κ2) is 9.14. The first kappa shape index (κ1) is 19.5. The fraction of sp³-hybridized carbons (Fsp3) is 0.250. The van der Waals surface area contributed by atoms with Gasteiger partial charge < -0.3 is 9.32 Å². The fourth-order valence-corrected chi connectivity index (χ4v) is 4.54. The van der Waals surface area contributed by atoms with Crippen LogP contribution in [-0.4, -0.2) is 29.7 Å². The van der Waals surface area contributed by atoms with Crippen LogP contribution in [0.3, 0.4) is 0 Å². The number of piperidine rings is 1. The highest BCUT2D eigenvalue weighted by Gasteiger charge is 2.30. The van der Waals surface area contributed by atoms with Crippen molar-refractivity contribution in [3.8, 4) is 0 Å². The lowest BCUT2D eigenvalue weighted by molar-refractivity contribution is 0.0623. The van der Waals surface area contributed by atoms with Crippen LogP contribution in [-0.2, 0) is 5.75 Å². The van der Waals surface area contributed by atoms with Crippen LogP contribution in [0.4, 0.5) is 0 Å². The van der Waals surface area contributed by atoms with E-state index >= 15 is 0 Å². The Morgan fingerprint density at radius 3 is 2.28 bits per heavy atom. The lowest BCUT2D eigenvalue weighted by atomic mass is 9.89. The van der Waals surface area contributed by atoms with E-state index in [1.165, 1.54) is 0 Å². The normalized spacial score (nSPS) is 14.7. The number of Topliss-reactive ketones (excluding diaryl/α,β-unsaturated/α-hetero) is 1. The van der Waals surface area contributed by atoms with Gasteiger partial charge in [0.15, 0.2) is 11.5 Å². The minimum absolute atomic E-state index is 0.0221. The molecule has 3 aromatic rings. The number of furan rings is 1. The first-order valence-corrected chi connectivity index (χ1v) is 10.8. The second-order valence-electron chi connectivity index (χ2n) is 7.17. The van der Waals surface area contributed by atoms with Gasteiger partial charge in [-0.05, 0) is 31.0 Å². The highest BCUT2D eigenvalue weighted by molar-refractivity contribution is 7.98. The number of carbonyl (C=O) groups excluding carboxylic acids is 2. The van der Waals surface area contributed by atoms with Crippen LogP contribution in [0.1, 0.15) is 39.3 Å². The number of carbonyl (C=O) groups is 2. The SMILES string of the molecule is O=C(c1ccccc1)C1CCN(C(=O)c2occc2CSc2ccccc2)CC1. The van der Waals surface area contributed by atoms with E-state index in [2.05, 4.69) is 12.1 Å². The molecule has 4 nitrogen and oxygen atoms in total. The lowest BCUT2D eigenvalue weighted by Gasteiger charge is -2.31. The summed E-state index contributed by atoms with van der Waals surface area (Å²) in [7, 11) is 0.